The smallest absolute Gasteiger partial charge is 0.118 e. The van der Waals surface area contributed by atoms with Gasteiger partial charge in [-0.25, -0.2) is 0 Å². The van der Waals surface area contributed by atoms with Crippen LogP contribution in [0, 0.1) is 10.8 Å². The molecule has 1 saturated heterocycles. The van der Waals surface area contributed by atoms with Crippen LogP contribution in [0.2, 0.25) is 0 Å². The molecule has 0 aromatic carbocycles. The van der Waals surface area contributed by atoms with Crippen LogP contribution in [0.1, 0.15) is 20.3 Å². The maximum Gasteiger partial charge on any atom is 0.118 e. The Morgan fingerprint density at radius 2 is 1.92 bits per heavy atom. The van der Waals surface area contributed by atoms with Gasteiger partial charge in [0.05, 0.1) is 13.2 Å². The lowest BCUT2D eigenvalue weighted by molar-refractivity contribution is -0.220. The Morgan fingerprint density at radius 3 is 2.00 bits per heavy atom. The normalized spacial score (nSPS) is 42.0. The Morgan fingerprint density at radius 1 is 1.42 bits per heavy atom. The third-order valence-electron chi connectivity index (χ3n) is 3.84. The average molecular weight is 171 g/mol. The zero-order valence-corrected chi connectivity index (χ0v) is 7.76. The first-order valence-electron chi connectivity index (χ1n) is 4.48. The molecule has 0 radical (unpaired) electrons. The summed E-state index contributed by atoms with van der Waals surface area (Å²) in [5, 5.41) is 10.1. The van der Waals surface area contributed by atoms with Crippen molar-refractivity contribution in [2.45, 2.75) is 25.9 Å². The Balaban J connectivity index is 2.21. The van der Waals surface area contributed by atoms with E-state index in [1.807, 2.05) is 0 Å². The number of aliphatic hydroxyl groups is 1. The molecule has 1 heterocycles. The molecule has 1 unspecified atom stereocenters. The van der Waals surface area contributed by atoms with Crippen LogP contribution >= 0.6 is 0 Å². The van der Waals surface area contributed by atoms with Crippen LogP contribution < -0.4 is 5.73 Å². The summed E-state index contributed by atoms with van der Waals surface area (Å²) < 4.78 is 5.05. The summed E-state index contributed by atoms with van der Waals surface area (Å²) >= 11 is 0. The zero-order chi connectivity index (χ0) is 9.04. The number of nitrogens with two attached hydrogens (primary N) is 1. The van der Waals surface area contributed by atoms with E-state index in [1.54, 1.807) is 0 Å². The van der Waals surface area contributed by atoms with Gasteiger partial charge in [-0.05, 0) is 11.8 Å². The van der Waals surface area contributed by atoms with Crippen LogP contribution in [0.4, 0.5) is 0 Å². The molecule has 1 aliphatic heterocycles. The van der Waals surface area contributed by atoms with Gasteiger partial charge in [0.1, 0.15) is 5.60 Å². The minimum atomic E-state index is -0.634. The number of ether oxygens (including phenoxy) is 1. The van der Waals surface area contributed by atoms with E-state index in [-0.39, 0.29) is 10.8 Å². The Labute approximate surface area is 72.9 Å². The van der Waals surface area contributed by atoms with Crippen LogP contribution in [0.5, 0.6) is 0 Å². The first kappa shape index (κ1) is 8.48. The molecule has 3 N–H and O–H groups in total. The third-order valence-corrected chi connectivity index (χ3v) is 3.84. The first-order chi connectivity index (χ1) is 5.47. The molecule has 2 rings (SSSR count). The van der Waals surface area contributed by atoms with Crippen LogP contribution in [0.3, 0.4) is 0 Å². The van der Waals surface area contributed by atoms with Gasteiger partial charge in [-0.1, -0.05) is 13.8 Å². The average Bonchev–Trinajstić information content (AvgIpc) is 2.50. The van der Waals surface area contributed by atoms with E-state index in [9.17, 15) is 5.11 Å². The molecule has 0 spiro atoms. The molecule has 1 saturated carbocycles. The maximum atomic E-state index is 10.1. The molecule has 1 aliphatic carbocycles. The molecule has 0 aromatic rings. The SMILES string of the molecule is CC1(C)CC1(CN)C1(O)COC1. The fourth-order valence-corrected chi connectivity index (χ4v) is 2.61. The van der Waals surface area contributed by atoms with Crippen molar-refractivity contribution >= 4 is 0 Å². The van der Waals surface area contributed by atoms with E-state index in [1.165, 1.54) is 0 Å². The highest BCUT2D eigenvalue weighted by Crippen LogP contribution is 2.69. The molecule has 70 valence electrons. The van der Waals surface area contributed by atoms with E-state index >= 15 is 0 Å². The van der Waals surface area contributed by atoms with Gasteiger partial charge in [-0.2, -0.15) is 0 Å². The summed E-state index contributed by atoms with van der Waals surface area (Å²) in [7, 11) is 0. The van der Waals surface area contributed by atoms with Gasteiger partial charge in [0.25, 0.3) is 0 Å². The van der Waals surface area contributed by atoms with Gasteiger partial charge in [-0.3, -0.25) is 0 Å². The molecule has 0 amide bonds. The van der Waals surface area contributed by atoms with E-state index < -0.39 is 5.60 Å². The second-order valence-corrected chi connectivity index (χ2v) is 4.87. The van der Waals surface area contributed by atoms with Gasteiger partial charge in [-0.15, -0.1) is 0 Å². The summed E-state index contributed by atoms with van der Waals surface area (Å²) in [6.07, 6.45) is 1.02. The number of hydrogen-bond donors (Lipinski definition) is 2. The molecular weight excluding hydrogens is 154 g/mol. The van der Waals surface area contributed by atoms with E-state index in [0.29, 0.717) is 19.8 Å². The van der Waals surface area contributed by atoms with Crippen molar-refractivity contribution in [2.24, 2.45) is 16.6 Å². The quantitative estimate of drug-likeness (QED) is 0.620. The summed E-state index contributed by atoms with van der Waals surface area (Å²) in [4.78, 5) is 0. The molecule has 2 fully saturated rings. The number of hydrogen-bond acceptors (Lipinski definition) is 3. The molecule has 1 atom stereocenters. The molecular formula is C9H17NO2. The lowest BCUT2D eigenvalue weighted by Gasteiger charge is -2.44. The Kier molecular flexibility index (Phi) is 1.43. The molecule has 0 aromatic heterocycles. The minimum Gasteiger partial charge on any atom is -0.384 e. The monoisotopic (exact) mass is 171 g/mol. The van der Waals surface area contributed by atoms with E-state index in [0.717, 1.165) is 6.42 Å². The fourth-order valence-electron chi connectivity index (χ4n) is 2.61. The largest absolute Gasteiger partial charge is 0.384 e. The fraction of sp³-hybridized carbons (Fsp3) is 1.00. The third kappa shape index (κ3) is 0.721. The molecule has 0 bridgehead atoms. The van der Waals surface area contributed by atoms with Gasteiger partial charge in [0.15, 0.2) is 0 Å². The predicted octanol–water partition coefficient (Wildman–Crippen LogP) is 0.123. The van der Waals surface area contributed by atoms with Crippen molar-refractivity contribution in [1.29, 1.82) is 0 Å². The second-order valence-electron chi connectivity index (χ2n) is 4.87. The number of rotatable bonds is 2. The van der Waals surface area contributed by atoms with Gasteiger partial charge in [0, 0.05) is 12.0 Å². The Hall–Kier alpha value is -0.120. The standard InChI is InChI=1S/C9H17NO2/c1-7(2)3-8(7,4-10)9(11)5-12-6-9/h11H,3-6,10H2,1-2H3. The highest BCUT2D eigenvalue weighted by atomic mass is 16.5. The summed E-state index contributed by atoms with van der Waals surface area (Å²) in [5.74, 6) is 0. The van der Waals surface area contributed by atoms with Crippen molar-refractivity contribution in [3.63, 3.8) is 0 Å². The molecule has 2 aliphatic rings. The molecule has 3 heteroatoms. The Bertz CT molecular complexity index is 211. The van der Waals surface area contributed by atoms with Crippen LogP contribution in [0.15, 0.2) is 0 Å². The zero-order valence-electron chi connectivity index (χ0n) is 7.76. The topological polar surface area (TPSA) is 55.5 Å². The van der Waals surface area contributed by atoms with Crippen molar-refractivity contribution in [1.82, 2.24) is 0 Å². The van der Waals surface area contributed by atoms with Crippen molar-refractivity contribution < 1.29 is 9.84 Å². The van der Waals surface area contributed by atoms with Crippen LogP contribution in [0.25, 0.3) is 0 Å². The van der Waals surface area contributed by atoms with E-state index in [4.69, 9.17) is 10.5 Å². The lowest BCUT2D eigenvalue weighted by Crippen LogP contribution is -2.60. The highest BCUT2D eigenvalue weighted by Gasteiger charge is 2.72. The summed E-state index contributed by atoms with van der Waals surface area (Å²) in [5.41, 5.74) is 5.21. The maximum absolute atomic E-state index is 10.1. The predicted molar refractivity (Wildman–Crippen MR) is 45.7 cm³/mol. The highest BCUT2D eigenvalue weighted by molar-refractivity contribution is 5.21. The van der Waals surface area contributed by atoms with Crippen LogP contribution in [-0.4, -0.2) is 30.5 Å². The first-order valence-corrected chi connectivity index (χ1v) is 4.48. The second kappa shape index (κ2) is 2.03. The summed E-state index contributed by atoms with van der Waals surface area (Å²) in [6.45, 7) is 5.83. The molecule has 3 nitrogen and oxygen atoms in total. The van der Waals surface area contributed by atoms with Crippen molar-refractivity contribution in [3.05, 3.63) is 0 Å². The van der Waals surface area contributed by atoms with Crippen molar-refractivity contribution in [3.8, 4) is 0 Å². The van der Waals surface area contributed by atoms with Crippen LogP contribution in [-0.2, 0) is 4.74 Å². The minimum absolute atomic E-state index is 0.0712. The van der Waals surface area contributed by atoms with Crippen molar-refractivity contribution in [2.75, 3.05) is 19.8 Å². The molecule has 12 heavy (non-hydrogen) atoms. The van der Waals surface area contributed by atoms with Gasteiger partial charge >= 0.3 is 0 Å². The van der Waals surface area contributed by atoms with Gasteiger partial charge < -0.3 is 15.6 Å². The van der Waals surface area contributed by atoms with Gasteiger partial charge in [0.2, 0.25) is 0 Å². The van der Waals surface area contributed by atoms with E-state index in [2.05, 4.69) is 13.8 Å². The summed E-state index contributed by atoms with van der Waals surface area (Å²) in [6, 6.07) is 0. The lowest BCUT2D eigenvalue weighted by atomic mass is 9.77.